The second-order valence-corrected chi connectivity index (χ2v) is 14.2. The number of benzene rings is 6. The summed E-state index contributed by atoms with van der Waals surface area (Å²) in [5.41, 5.74) is 12.7. The zero-order chi connectivity index (χ0) is 39.3. The van der Waals surface area contributed by atoms with Gasteiger partial charge in [-0.25, -0.2) is 0 Å². The molecule has 282 valence electrons. The fraction of sp³-hybridized carbons (Fsp3) is 0.0800. The fourth-order valence-electron chi connectivity index (χ4n) is 8.14. The van der Waals surface area contributed by atoms with E-state index < -0.39 is 0 Å². The molecule has 0 amide bonds. The van der Waals surface area contributed by atoms with Crippen LogP contribution < -0.4 is 18.9 Å². The molecule has 0 spiro atoms. The third kappa shape index (κ3) is 5.85. The van der Waals surface area contributed by atoms with Gasteiger partial charge < -0.3 is 28.1 Å². The molecular weight excluding hydrogens is 721 g/mol. The Morgan fingerprint density at radius 3 is 0.862 bits per heavy atom. The Kier molecular flexibility index (Phi) is 8.52. The number of rotatable bonds is 9. The lowest BCUT2D eigenvalue weighted by molar-refractivity contribution is 0.415. The van der Waals surface area contributed by atoms with Gasteiger partial charge >= 0.3 is 0 Å². The van der Waals surface area contributed by atoms with E-state index >= 15 is 0 Å². The average molecular weight is 759 g/mol. The van der Waals surface area contributed by atoms with E-state index in [-0.39, 0.29) is 0 Å². The summed E-state index contributed by atoms with van der Waals surface area (Å²) >= 11 is 0. The molecule has 0 bridgehead atoms. The lowest BCUT2D eigenvalue weighted by Crippen LogP contribution is -1.94. The minimum Gasteiger partial charge on any atom is -0.497 e. The maximum atomic E-state index is 5.57. The normalized spacial score (nSPS) is 11.4. The fourth-order valence-corrected chi connectivity index (χ4v) is 8.14. The van der Waals surface area contributed by atoms with Crippen LogP contribution in [0.15, 0.2) is 158 Å². The molecule has 4 aromatic heterocycles. The van der Waals surface area contributed by atoms with Gasteiger partial charge in [-0.2, -0.15) is 0 Å². The first-order valence-corrected chi connectivity index (χ1v) is 19.0. The predicted molar refractivity (Wildman–Crippen MR) is 233 cm³/mol. The smallest absolute Gasteiger partial charge is 0.119 e. The van der Waals surface area contributed by atoms with Crippen LogP contribution in [0.5, 0.6) is 23.0 Å². The van der Waals surface area contributed by atoms with Crippen LogP contribution in [0.2, 0.25) is 0 Å². The molecular formula is C50H38N4O4. The maximum Gasteiger partial charge on any atom is 0.119 e. The van der Waals surface area contributed by atoms with Gasteiger partial charge in [0.15, 0.2) is 0 Å². The zero-order valence-electron chi connectivity index (χ0n) is 32.4. The average Bonchev–Trinajstić information content (AvgIpc) is 3.80. The van der Waals surface area contributed by atoms with E-state index in [0.29, 0.717) is 0 Å². The van der Waals surface area contributed by atoms with Crippen molar-refractivity contribution in [2.75, 3.05) is 28.4 Å². The number of ether oxygens (including phenoxy) is 4. The molecule has 8 nitrogen and oxygen atoms in total. The number of methoxy groups -OCH3 is 4. The van der Waals surface area contributed by atoms with E-state index in [4.69, 9.17) is 18.9 Å². The third-order valence-corrected chi connectivity index (χ3v) is 11.1. The lowest BCUT2D eigenvalue weighted by atomic mass is 10.00. The molecule has 0 saturated heterocycles. The molecule has 0 atom stereocenters. The van der Waals surface area contributed by atoms with Crippen LogP contribution in [-0.2, 0) is 0 Å². The summed E-state index contributed by atoms with van der Waals surface area (Å²) in [7, 11) is 6.78. The minimum atomic E-state index is 0.815. The number of aromatic nitrogens is 4. The zero-order valence-corrected chi connectivity index (χ0v) is 32.4. The van der Waals surface area contributed by atoms with Crippen molar-refractivity contribution in [3.05, 3.63) is 158 Å². The molecule has 0 unspecified atom stereocenters. The summed E-state index contributed by atoms with van der Waals surface area (Å²) < 4.78 is 26.9. The molecule has 0 aliphatic carbocycles. The SMILES string of the molecule is COc1ccc2c(c1)c1cc(OC)ccc1n2-c1ccc(-c2cncc(-c3cncc(-c4ccc(-n5c6ccc(OC)cc6c6cc(OC)ccc65)cc4)c3)c2)cc1. The van der Waals surface area contributed by atoms with Crippen molar-refractivity contribution in [2.45, 2.75) is 0 Å². The second-order valence-electron chi connectivity index (χ2n) is 14.2. The number of fused-ring (bicyclic) bond motifs is 6. The minimum absolute atomic E-state index is 0.815. The molecule has 0 aliphatic heterocycles. The van der Waals surface area contributed by atoms with Crippen LogP contribution in [0.3, 0.4) is 0 Å². The molecule has 0 N–H and O–H groups in total. The first-order chi connectivity index (χ1) is 28.5. The van der Waals surface area contributed by atoms with E-state index in [9.17, 15) is 0 Å². The monoisotopic (exact) mass is 758 g/mol. The third-order valence-electron chi connectivity index (χ3n) is 11.1. The van der Waals surface area contributed by atoms with Gasteiger partial charge in [0.2, 0.25) is 0 Å². The first kappa shape index (κ1) is 34.9. The van der Waals surface area contributed by atoms with Crippen LogP contribution in [0.25, 0.3) is 88.4 Å². The number of hydrogen-bond acceptors (Lipinski definition) is 6. The Balaban J connectivity index is 0.954. The molecule has 10 aromatic rings. The van der Waals surface area contributed by atoms with Crippen LogP contribution in [0, 0.1) is 0 Å². The Labute approximate surface area is 335 Å². The van der Waals surface area contributed by atoms with Crippen molar-refractivity contribution in [3.8, 4) is 67.8 Å². The first-order valence-electron chi connectivity index (χ1n) is 19.0. The summed E-state index contributed by atoms with van der Waals surface area (Å²) in [5.74, 6) is 3.26. The van der Waals surface area contributed by atoms with Crippen molar-refractivity contribution in [1.82, 2.24) is 19.1 Å². The maximum absolute atomic E-state index is 5.57. The summed E-state index contributed by atoms with van der Waals surface area (Å²) in [6, 6.07) is 46.4. The second kappa shape index (κ2) is 14.2. The van der Waals surface area contributed by atoms with Gasteiger partial charge in [0, 0.05) is 80.0 Å². The molecule has 0 radical (unpaired) electrons. The van der Waals surface area contributed by atoms with E-state index in [0.717, 1.165) is 111 Å². The molecule has 0 aliphatic rings. The van der Waals surface area contributed by atoms with Crippen molar-refractivity contribution in [3.63, 3.8) is 0 Å². The van der Waals surface area contributed by atoms with Crippen LogP contribution in [0.1, 0.15) is 0 Å². The molecule has 0 saturated carbocycles. The van der Waals surface area contributed by atoms with Crippen LogP contribution in [0.4, 0.5) is 0 Å². The summed E-state index contributed by atoms with van der Waals surface area (Å²) in [6.45, 7) is 0. The Morgan fingerprint density at radius 1 is 0.310 bits per heavy atom. The standard InChI is InChI=1S/C50H38N4O4/c1-55-39-13-17-47-43(23-39)44-24-40(56-2)14-18-48(44)53(47)37-9-5-31(6-10-37)33-21-35(29-51-27-33)36-22-34(28-52-30-36)32-7-11-38(12-8-32)54-49-19-15-41(57-3)25-45(49)46-26-42(58-4)16-20-50(46)54/h5-30H,1-4H3. The summed E-state index contributed by atoms with van der Waals surface area (Å²) in [4.78, 5) is 9.33. The van der Waals surface area contributed by atoms with Crippen LogP contribution in [-0.4, -0.2) is 47.5 Å². The van der Waals surface area contributed by atoms with Gasteiger partial charge in [-0.3, -0.25) is 9.97 Å². The summed E-state index contributed by atoms with van der Waals surface area (Å²) in [5, 5.41) is 4.41. The molecule has 0 fully saturated rings. The number of hydrogen-bond donors (Lipinski definition) is 0. The predicted octanol–water partition coefficient (Wildman–Crippen LogP) is 11.7. The largest absolute Gasteiger partial charge is 0.497 e. The molecule has 58 heavy (non-hydrogen) atoms. The molecule has 6 aromatic carbocycles. The topological polar surface area (TPSA) is 72.6 Å². The van der Waals surface area contributed by atoms with E-state index in [1.807, 2.05) is 49.1 Å². The highest BCUT2D eigenvalue weighted by Crippen LogP contribution is 2.39. The van der Waals surface area contributed by atoms with Crippen molar-refractivity contribution >= 4 is 43.6 Å². The lowest BCUT2D eigenvalue weighted by Gasteiger charge is -2.11. The van der Waals surface area contributed by atoms with E-state index in [2.05, 4.69) is 128 Å². The number of pyridine rings is 2. The Bertz CT molecular complexity index is 2830. The summed E-state index contributed by atoms with van der Waals surface area (Å²) in [6.07, 6.45) is 7.62. The van der Waals surface area contributed by atoms with Crippen molar-refractivity contribution < 1.29 is 18.9 Å². The highest BCUT2D eigenvalue weighted by Gasteiger charge is 2.17. The van der Waals surface area contributed by atoms with Gasteiger partial charge in [-0.05, 0) is 120 Å². The molecule has 8 heteroatoms. The van der Waals surface area contributed by atoms with E-state index in [1.165, 1.54) is 0 Å². The molecule has 10 rings (SSSR count). The highest BCUT2D eigenvalue weighted by molar-refractivity contribution is 6.11. The van der Waals surface area contributed by atoms with Crippen molar-refractivity contribution in [1.29, 1.82) is 0 Å². The van der Waals surface area contributed by atoms with Crippen LogP contribution >= 0.6 is 0 Å². The van der Waals surface area contributed by atoms with Gasteiger partial charge in [-0.15, -0.1) is 0 Å². The Hall–Kier alpha value is -7.58. The van der Waals surface area contributed by atoms with Crippen molar-refractivity contribution in [2.24, 2.45) is 0 Å². The Morgan fingerprint density at radius 2 is 0.586 bits per heavy atom. The van der Waals surface area contributed by atoms with Gasteiger partial charge in [0.1, 0.15) is 23.0 Å². The van der Waals surface area contributed by atoms with E-state index in [1.54, 1.807) is 28.4 Å². The molecule has 4 heterocycles. The quantitative estimate of drug-likeness (QED) is 0.146. The number of nitrogens with zero attached hydrogens (tertiary/aromatic N) is 4. The van der Waals surface area contributed by atoms with Gasteiger partial charge in [-0.1, -0.05) is 24.3 Å². The van der Waals surface area contributed by atoms with Gasteiger partial charge in [0.25, 0.3) is 0 Å². The highest BCUT2D eigenvalue weighted by atomic mass is 16.5. The van der Waals surface area contributed by atoms with Gasteiger partial charge in [0.05, 0.1) is 50.5 Å².